The highest BCUT2D eigenvalue weighted by Crippen LogP contribution is 2.16. The van der Waals surface area contributed by atoms with Crippen molar-refractivity contribution in [2.75, 3.05) is 0 Å². The lowest BCUT2D eigenvalue weighted by atomic mass is 10.2. The minimum absolute atomic E-state index is 0.273. The van der Waals surface area contributed by atoms with E-state index in [9.17, 15) is 4.79 Å². The van der Waals surface area contributed by atoms with Crippen LogP contribution >= 0.6 is 11.6 Å². The lowest BCUT2D eigenvalue weighted by molar-refractivity contribution is 0.631. The molecule has 1 aromatic carbocycles. The Morgan fingerprint density at radius 3 is 2.71 bits per heavy atom. The number of hydrogen-bond acceptors (Lipinski definition) is 3. The molecule has 2 aromatic rings. The summed E-state index contributed by atoms with van der Waals surface area (Å²) in [5.74, 6) is 0.528. The third kappa shape index (κ3) is 2.25. The Kier molecular flexibility index (Phi) is 3.31. The molecule has 1 heterocycles. The summed E-state index contributed by atoms with van der Waals surface area (Å²) in [6.45, 7) is 1.94. The van der Waals surface area contributed by atoms with Crippen molar-refractivity contribution >= 4 is 11.6 Å². The van der Waals surface area contributed by atoms with E-state index in [0.717, 1.165) is 0 Å². The average molecular weight is 253 g/mol. The standard InChI is InChI=1S/C11H13ClN4O/c1-2-9(13)10-14-15-11(17)16(10)8-5-3-7(12)4-6-8/h3-6,9H,2,13H2,1H3,(H,15,17). The molecule has 0 amide bonds. The van der Waals surface area contributed by atoms with E-state index in [1.54, 1.807) is 24.3 Å². The fourth-order valence-electron chi connectivity index (χ4n) is 1.58. The van der Waals surface area contributed by atoms with Crippen LogP contribution in [0, 0.1) is 0 Å². The van der Waals surface area contributed by atoms with Crippen LogP contribution < -0.4 is 11.4 Å². The van der Waals surface area contributed by atoms with Crippen LogP contribution in [0.2, 0.25) is 5.02 Å². The second-order valence-corrected chi connectivity index (χ2v) is 4.15. The van der Waals surface area contributed by atoms with E-state index in [-0.39, 0.29) is 11.7 Å². The van der Waals surface area contributed by atoms with Gasteiger partial charge in [-0.05, 0) is 30.7 Å². The van der Waals surface area contributed by atoms with Crippen LogP contribution in [-0.2, 0) is 0 Å². The molecule has 6 heteroatoms. The molecule has 1 unspecified atom stereocenters. The smallest absolute Gasteiger partial charge is 0.321 e. The van der Waals surface area contributed by atoms with Gasteiger partial charge in [-0.3, -0.25) is 0 Å². The van der Waals surface area contributed by atoms with E-state index in [4.69, 9.17) is 17.3 Å². The number of hydrogen-bond donors (Lipinski definition) is 2. The Hall–Kier alpha value is -1.59. The van der Waals surface area contributed by atoms with Crippen LogP contribution in [0.15, 0.2) is 29.1 Å². The van der Waals surface area contributed by atoms with E-state index in [0.29, 0.717) is 23.0 Å². The first-order chi connectivity index (χ1) is 8.13. The highest BCUT2D eigenvalue weighted by Gasteiger charge is 2.15. The zero-order valence-corrected chi connectivity index (χ0v) is 10.1. The first-order valence-electron chi connectivity index (χ1n) is 5.32. The molecule has 0 radical (unpaired) electrons. The van der Waals surface area contributed by atoms with Gasteiger partial charge in [0, 0.05) is 5.02 Å². The number of H-pyrrole nitrogens is 1. The van der Waals surface area contributed by atoms with Gasteiger partial charge in [0.2, 0.25) is 0 Å². The maximum absolute atomic E-state index is 11.7. The van der Waals surface area contributed by atoms with Crippen LogP contribution in [0.25, 0.3) is 5.69 Å². The van der Waals surface area contributed by atoms with Crippen molar-refractivity contribution in [3.8, 4) is 5.69 Å². The van der Waals surface area contributed by atoms with Gasteiger partial charge < -0.3 is 5.73 Å². The predicted octanol–water partition coefficient (Wildman–Crippen LogP) is 1.62. The minimum atomic E-state index is -0.300. The summed E-state index contributed by atoms with van der Waals surface area (Å²) in [6, 6.07) is 6.68. The predicted molar refractivity (Wildman–Crippen MR) is 66.4 cm³/mol. The van der Waals surface area contributed by atoms with Gasteiger partial charge in [0.1, 0.15) is 0 Å². The number of nitrogens with two attached hydrogens (primary N) is 1. The molecule has 1 atom stereocenters. The van der Waals surface area contributed by atoms with E-state index in [1.165, 1.54) is 4.57 Å². The van der Waals surface area contributed by atoms with E-state index in [1.807, 2.05) is 6.92 Å². The highest BCUT2D eigenvalue weighted by molar-refractivity contribution is 6.30. The van der Waals surface area contributed by atoms with Gasteiger partial charge in [-0.2, -0.15) is 5.10 Å². The number of nitrogens with zero attached hydrogens (tertiary/aromatic N) is 2. The first-order valence-corrected chi connectivity index (χ1v) is 5.70. The molecule has 0 aliphatic rings. The Morgan fingerprint density at radius 1 is 1.47 bits per heavy atom. The topological polar surface area (TPSA) is 76.7 Å². The lowest BCUT2D eigenvalue weighted by Crippen LogP contribution is -2.21. The van der Waals surface area contributed by atoms with E-state index >= 15 is 0 Å². The molecule has 0 bridgehead atoms. The second kappa shape index (κ2) is 4.73. The molecule has 0 spiro atoms. The highest BCUT2D eigenvalue weighted by atomic mass is 35.5. The Balaban J connectivity index is 2.54. The number of nitrogens with one attached hydrogen (secondary N) is 1. The third-order valence-corrected chi connectivity index (χ3v) is 2.81. The molecule has 1 aromatic heterocycles. The summed E-state index contributed by atoms with van der Waals surface area (Å²) in [6.07, 6.45) is 0.706. The van der Waals surface area contributed by atoms with Crippen molar-refractivity contribution in [2.24, 2.45) is 5.73 Å². The summed E-state index contributed by atoms with van der Waals surface area (Å²) in [4.78, 5) is 11.7. The molecule has 0 aliphatic carbocycles. The summed E-state index contributed by atoms with van der Waals surface area (Å²) in [7, 11) is 0. The number of halogens is 1. The Bertz CT molecular complexity index is 558. The summed E-state index contributed by atoms with van der Waals surface area (Å²) < 4.78 is 1.46. The number of benzene rings is 1. The molecule has 90 valence electrons. The summed E-state index contributed by atoms with van der Waals surface area (Å²) in [5.41, 5.74) is 6.31. The van der Waals surface area contributed by atoms with Gasteiger partial charge in [0.25, 0.3) is 0 Å². The summed E-state index contributed by atoms with van der Waals surface area (Å²) >= 11 is 5.81. The normalized spacial score (nSPS) is 12.6. The number of aromatic amines is 1. The van der Waals surface area contributed by atoms with Crippen molar-refractivity contribution < 1.29 is 0 Å². The van der Waals surface area contributed by atoms with Crippen LogP contribution in [0.5, 0.6) is 0 Å². The summed E-state index contributed by atoms with van der Waals surface area (Å²) in [5, 5.41) is 6.98. The van der Waals surface area contributed by atoms with Crippen molar-refractivity contribution in [2.45, 2.75) is 19.4 Å². The zero-order valence-electron chi connectivity index (χ0n) is 9.35. The molecule has 0 saturated carbocycles. The van der Waals surface area contributed by atoms with Crippen LogP contribution in [0.4, 0.5) is 0 Å². The average Bonchev–Trinajstić information content (AvgIpc) is 2.71. The van der Waals surface area contributed by atoms with Crippen molar-refractivity contribution in [3.05, 3.63) is 45.6 Å². The first kappa shape index (κ1) is 11.9. The van der Waals surface area contributed by atoms with Gasteiger partial charge in [-0.1, -0.05) is 18.5 Å². The van der Waals surface area contributed by atoms with Gasteiger partial charge >= 0.3 is 5.69 Å². The number of aromatic nitrogens is 3. The van der Waals surface area contributed by atoms with Crippen molar-refractivity contribution in [1.82, 2.24) is 14.8 Å². The van der Waals surface area contributed by atoms with Gasteiger partial charge in [-0.25, -0.2) is 14.5 Å². The van der Waals surface area contributed by atoms with Crippen molar-refractivity contribution in [3.63, 3.8) is 0 Å². The van der Waals surface area contributed by atoms with Gasteiger partial charge in [-0.15, -0.1) is 0 Å². The molecule has 2 rings (SSSR count). The Morgan fingerprint density at radius 2 is 2.12 bits per heavy atom. The Labute approximate surface area is 103 Å². The van der Waals surface area contributed by atoms with E-state index in [2.05, 4.69) is 10.2 Å². The molecule has 17 heavy (non-hydrogen) atoms. The fraction of sp³-hybridized carbons (Fsp3) is 0.273. The zero-order chi connectivity index (χ0) is 12.4. The van der Waals surface area contributed by atoms with Crippen LogP contribution in [0.1, 0.15) is 25.2 Å². The molecule has 3 N–H and O–H groups in total. The van der Waals surface area contributed by atoms with Gasteiger partial charge in [0.05, 0.1) is 11.7 Å². The van der Waals surface area contributed by atoms with E-state index < -0.39 is 0 Å². The molecule has 0 saturated heterocycles. The monoisotopic (exact) mass is 252 g/mol. The lowest BCUT2D eigenvalue weighted by Gasteiger charge is -2.10. The molecule has 0 aliphatic heterocycles. The maximum atomic E-state index is 11.7. The van der Waals surface area contributed by atoms with Crippen molar-refractivity contribution in [1.29, 1.82) is 0 Å². The largest absolute Gasteiger partial charge is 0.347 e. The molecule has 0 fully saturated rings. The molecular weight excluding hydrogens is 240 g/mol. The number of rotatable bonds is 3. The molecule has 5 nitrogen and oxygen atoms in total. The quantitative estimate of drug-likeness (QED) is 0.872. The maximum Gasteiger partial charge on any atom is 0.347 e. The fourth-order valence-corrected chi connectivity index (χ4v) is 1.71. The van der Waals surface area contributed by atoms with Crippen LogP contribution in [0.3, 0.4) is 0 Å². The van der Waals surface area contributed by atoms with Gasteiger partial charge in [0.15, 0.2) is 5.82 Å². The van der Waals surface area contributed by atoms with Crippen LogP contribution in [-0.4, -0.2) is 14.8 Å². The minimum Gasteiger partial charge on any atom is -0.321 e. The SMILES string of the molecule is CCC(N)c1n[nH]c(=O)n1-c1ccc(Cl)cc1. The third-order valence-electron chi connectivity index (χ3n) is 2.55. The molecular formula is C11H13ClN4O. The second-order valence-electron chi connectivity index (χ2n) is 3.71.